The van der Waals surface area contributed by atoms with Crippen molar-refractivity contribution < 1.29 is 4.79 Å². The fourth-order valence-corrected chi connectivity index (χ4v) is 4.20. The highest BCUT2D eigenvalue weighted by Crippen LogP contribution is 2.70. The Morgan fingerprint density at radius 2 is 1.50 bits per heavy atom. The molecule has 0 aromatic rings. The van der Waals surface area contributed by atoms with Gasteiger partial charge in [0.05, 0.1) is 10.1 Å². The van der Waals surface area contributed by atoms with Crippen LogP contribution in [0.1, 0.15) is 6.42 Å². The maximum atomic E-state index is 11.6. The van der Waals surface area contributed by atoms with Crippen LogP contribution in [-0.4, -0.2) is 19.9 Å². The molecule has 78 valence electrons. The van der Waals surface area contributed by atoms with Crippen molar-refractivity contribution in [1.82, 2.24) is 0 Å². The van der Waals surface area contributed by atoms with Gasteiger partial charge in [0.15, 0.2) is 15.0 Å². The summed E-state index contributed by atoms with van der Waals surface area (Å²) in [6, 6.07) is 0. The predicted octanol–water partition coefficient (Wildman–Crippen LogP) is 3.79. The smallest absolute Gasteiger partial charge is 0.174 e. The molecule has 2 aliphatic carbocycles. The van der Waals surface area contributed by atoms with E-state index in [1.165, 1.54) is 0 Å². The summed E-state index contributed by atoms with van der Waals surface area (Å²) in [5.74, 6) is -0.409. The molecule has 1 saturated carbocycles. The average molecular weight is 315 g/mol. The quantitative estimate of drug-likeness (QED) is 0.622. The maximum absolute atomic E-state index is 11.6. The molecule has 2 unspecified atom stereocenters. The highest BCUT2D eigenvalue weighted by atomic mass is 35.5. The highest BCUT2D eigenvalue weighted by molar-refractivity contribution is 6.70. The minimum absolute atomic E-state index is 0.0560. The Morgan fingerprint density at radius 3 is 1.79 bits per heavy atom. The average Bonchev–Trinajstić information content (AvgIpc) is 2.27. The van der Waals surface area contributed by atoms with Crippen LogP contribution >= 0.6 is 69.6 Å². The zero-order valence-corrected chi connectivity index (χ0v) is 10.9. The van der Waals surface area contributed by atoms with Gasteiger partial charge in [-0.25, -0.2) is 0 Å². The minimum atomic E-state index is -1.70. The molecule has 0 aromatic carbocycles. The number of allylic oxidation sites excluding steroid dienone is 2. The number of rotatable bonds is 0. The zero-order chi connectivity index (χ0) is 10.9. The summed E-state index contributed by atoms with van der Waals surface area (Å²) in [5, 5.41) is -0.0162. The first-order chi connectivity index (χ1) is 6.19. The number of ketones is 1. The molecule has 0 heterocycles. The van der Waals surface area contributed by atoms with Gasteiger partial charge in [-0.3, -0.25) is 4.79 Å². The van der Waals surface area contributed by atoms with Crippen LogP contribution in [0.15, 0.2) is 10.1 Å². The molecule has 1 nitrogen and oxygen atoms in total. The van der Waals surface area contributed by atoms with E-state index in [1.54, 1.807) is 0 Å². The van der Waals surface area contributed by atoms with Gasteiger partial charge in [-0.2, -0.15) is 0 Å². The van der Waals surface area contributed by atoms with Crippen molar-refractivity contribution >= 4 is 75.4 Å². The lowest BCUT2D eigenvalue weighted by molar-refractivity contribution is -0.119. The van der Waals surface area contributed by atoms with Gasteiger partial charge in [-0.05, 0) is 0 Å². The first kappa shape index (κ1) is 11.6. The van der Waals surface area contributed by atoms with Crippen LogP contribution in [0.2, 0.25) is 0 Å². The molecule has 14 heavy (non-hydrogen) atoms. The van der Waals surface area contributed by atoms with Gasteiger partial charge in [-0.15, -0.1) is 23.2 Å². The summed E-state index contributed by atoms with van der Waals surface area (Å²) in [6.45, 7) is 0. The van der Waals surface area contributed by atoms with E-state index in [4.69, 9.17) is 69.6 Å². The van der Waals surface area contributed by atoms with E-state index in [1.807, 2.05) is 0 Å². The molecule has 1 fully saturated rings. The molecule has 0 aromatic heterocycles. The fourth-order valence-electron chi connectivity index (χ4n) is 1.70. The van der Waals surface area contributed by atoms with E-state index >= 15 is 0 Å². The number of Topliss-reactive ketones (excluding diaryl/α,β-unsaturated/α-hetero) is 1. The van der Waals surface area contributed by atoms with Crippen LogP contribution in [0, 0.1) is 0 Å². The van der Waals surface area contributed by atoms with Crippen molar-refractivity contribution in [2.45, 2.75) is 20.5 Å². The van der Waals surface area contributed by atoms with Crippen molar-refractivity contribution in [2.75, 3.05) is 0 Å². The van der Waals surface area contributed by atoms with Crippen molar-refractivity contribution in [3.8, 4) is 0 Å². The van der Waals surface area contributed by atoms with Crippen LogP contribution in [0.25, 0.3) is 0 Å². The molecule has 2 rings (SSSR count). The Kier molecular flexibility index (Phi) is 2.39. The lowest BCUT2D eigenvalue weighted by atomic mass is 10.1. The van der Waals surface area contributed by atoms with Gasteiger partial charge in [-0.1, -0.05) is 46.4 Å². The van der Waals surface area contributed by atoms with E-state index in [2.05, 4.69) is 0 Å². The lowest BCUT2D eigenvalue weighted by Crippen LogP contribution is -2.44. The molecule has 2 bridgehead atoms. The van der Waals surface area contributed by atoms with Crippen molar-refractivity contribution in [2.24, 2.45) is 0 Å². The Balaban J connectivity index is 2.77. The monoisotopic (exact) mass is 312 g/mol. The molecular formula is C7H2Cl6O. The third-order valence-electron chi connectivity index (χ3n) is 2.56. The topological polar surface area (TPSA) is 17.1 Å². The van der Waals surface area contributed by atoms with Crippen LogP contribution in [-0.2, 0) is 4.79 Å². The van der Waals surface area contributed by atoms with Crippen molar-refractivity contribution in [3.63, 3.8) is 0 Å². The number of alkyl halides is 4. The second kappa shape index (κ2) is 2.88. The third-order valence-corrected chi connectivity index (χ3v) is 6.72. The molecule has 0 saturated heterocycles. The molecule has 0 spiro atoms. The second-order valence-corrected chi connectivity index (χ2v) is 6.56. The highest BCUT2D eigenvalue weighted by Gasteiger charge is 2.78. The Labute approximate surface area is 110 Å². The fraction of sp³-hybridized carbons (Fsp3) is 0.571. The summed E-state index contributed by atoms with van der Waals surface area (Å²) >= 11 is 35.7. The summed E-state index contributed by atoms with van der Waals surface area (Å²) < 4.78 is -1.70. The van der Waals surface area contributed by atoms with E-state index in [9.17, 15) is 4.79 Å². The minimum Gasteiger partial charge on any atom is -0.297 e. The number of halogens is 6. The molecule has 0 amide bonds. The number of hydrogen-bond acceptors (Lipinski definition) is 1. The Hall–Kier alpha value is 1.15. The first-order valence-corrected chi connectivity index (χ1v) is 5.81. The molecule has 0 radical (unpaired) electrons. The summed E-state index contributed by atoms with van der Waals surface area (Å²) in [5.41, 5.74) is 0. The molecule has 2 aliphatic rings. The largest absolute Gasteiger partial charge is 0.297 e. The number of fused-ring (bicyclic) bond motifs is 2. The molecule has 0 N–H and O–H groups in total. The SMILES string of the molecule is O=C1CC2(Cl)C(Cl)=C(Cl)C1(Cl)C2(Cl)Cl. The standard InChI is InChI=1S/C7H2Cl6O/c8-3-4(9)6(11)2(14)1-5(3,10)7(6,12)13/h1H2. The van der Waals surface area contributed by atoms with E-state index in [-0.39, 0.29) is 16.5 Å². The molecular weight excluding hydrogens is 313 g/mol. The summed E-state index contributed by atoms with van der Waals surface area (Å²) in [7, 11) is 0. The van der Waals surface area contributed by atoms with Crippen LogP contribution in [0.3, 0.4) is 0 Å². The van der Waals surface area contributed by atoms with Crippen LogP contribution in [0.5, 0.6) is 0 Å². The van der Waals surface area contributed by atoms with Gasteiger partial charge in [0.1, 0.15) is 4.87 Å². The number of carbonyl (C=O) groups excluding carboxylic acids is 1. The Morgan fingerprint density at radius 1 is 1.00 bits per heavy atom. The van der Waals surface area contributed by atoms with Crippen LogP contribution in [0.4, 0.5) is 0 Å². The van der Waals surface area contributed by atoms with E-state index < -0.39 is 19.9 Å². The van der Waals surface area contributed by atoms with Gasteiger partial charge < -0.3 is 0 Å². The maximum Gasteiger partial charge on any atom is 0.174 e. The normalized spacial score (nSPS) is 45.1. The number of carbonyl (C=O) groups is 1. The summed E-state index contributed by atoms with van der Waals surface area (Å²) in [6.07, 6.45) is -0.111. The Bertz CT molecular complexity index is 374. The van der Waals surface area contributed by atoms with Gasteiger partial charge in [0.2, 0.25) is 0 Å². The van der Waals surface area contributed by atoms with Crippen molar-refractivity contribution in [1.29, 1.82) is 0 Å². The lowest BCUT2D eigenvalue weighted by Gasteiger charge is -2.29. The second-order valence-electron chi connectivity index (χ2n) is 3.26. The number of hydrogen-bond donors (Lipinski definition) is 0. The van der Waals surface area contributed by atoms with E-state index in [0.717, 1.165) is 0 Å². The van der Waals surface area contributed by atoms with Gasteiger partial charge >= 0.3 is 0 Å². The molecule has 0 aliphatic heterocycles. The molecule has 7 heteroatoms. The summed E-state index contributed by atoms with van der Waals surface area (Å²) in [4.78, 5) is 8.48. The predicted molar refractivity (Wildman–Crippen MR) is 60.0 cm³/mol. The van der Waals surface area contributed by atoms with E-state index in [0.29, 0.717) is 0 Å². The zero-order valence-electron chi connectivity index (χ0n) is 6.38. The van der Waals surface area contributed by atoms with Gasteiger partial charge in [0, 0.05) is 6.42 Å². The molecule has 2 atom stereocenters. The first-order valence-electron chi connectivity index (χ1n) is 3.55. The van der Waals surface area contributed by atoms with Gasteiger partial charge in [0.25, 0.3) is 0 Å². The van der Waals surface area contributed by atoms with Crippen LogP contribution < -0.4 is 0 Å². The van der Waals surface area contributed by atoms with Crippen molar-refractivity contribution in [3.05, 3.63) is 10.1 Å². The third kappa shape index (κ3) is 0.911.